The van der Waals surface area contributed by atoms with Gasteiger partial charge in [0.2, 0.25) is 0 Å². The first kappa shape index (κ1) is 16.6. The summed E-state index contributed by atoms with van der Waals surface area (Å²) in [6, 6.07) is 15.3. The first-order valence-corrected chi connectivity index (χ1v) is 9.18. The van der Waals surface area contributed by atoms with E-state index in [0.29, 0.717) is 12.6 Å². The van der Waals surface area contributed by atoms with E-state index in [-0.39, 0.29) is 5.82 Å². The zero-order valence-corrected chi connectivity index (χ0v) is 14.5. The Bertz CT molecular complexity index is 695. The van der Waals surface area contributed by atoms with E-state index in [2.05, 4.69) is 22.3 Å². The molecule has 3 nitrogen and oxygen atoms in total. The fourth-order valence-electron chi connectivity index (χ4n) is 3.94. The van der Waals surface area contributed by atoms with Crippen LogP contribution in [0.25, 0.3) is 0 Å². The summed E-state index contributed by atoms with van der Waals surface area (Å²) < 4.78 is 18.8. The number of rotatable bonds is 6. The van der Waals surface area contributed by atoms with E-state index in [1.807, 2.05) is 12.1 Å². The van der Waals surface area contributed by atoms with Gasteiger partial charge >= 0.3 is 0 Å². The van der Waals surface area contributed by atoms with Crippen LogP contribution in [0.1, 0.15) is 24.0 Å². The predicted molar refractivity (Wildman–Crippen MR) is 97.0 cm³/mol. The van der Waals surface area contributed by atoms with Crippen LogP contribution in [0.4, 0.5) is 4.39 Å². The van der Waals surface area contributed by atoms with Crippen molar-refractivity contribution in [2.75, 3.05) is 19.6 Å². The second-order valence-corrected chi connectivity index (χ2v) is 7.19. The second kappa shape index (κ2) is 7.54. The van der Waals surface area contributed by atoms with E-state index in [1.165, 1.54) is 50.2 Å². The summed E-state index contributed by atoms with van der Waals surface area (Å²) in [6.45, 7) is 5.07. The lowest BCUT2D eigenvalue weighted by Crippen LogP contribution is -2.55. The minimum absolute atomic E-state index is 0.218. The minimum Gasteiger partial charge on any atom is -0.489 e. The molecular weight excluding hydrogens is 315 g/mol. The van der Waals surface area contributed by atoms with Crippen LogP contribution in [0.3, 0.4) is 0 Å². The van der Waals surface area contributed by atoms with Crippen LogP contribution in [-0.4, -0.2) is 30.6 Å². The largest absolute Gasteiger partial charge is 0.489 e. The third-order valence-corrected chi connectivity index (χ3v) is 5.44. The molecule has 3 saturated heterocycles. The molecule has 2 aromatic rings. The quantitative estimate of drug-likeness (QED) is 0.870. The summed E-state index contributed by atoms with van der Waals surface area (Å²) >= 11 is 0. The van der Waals surface area contributed by atoms with Crippen LogP contribution in [0.5, 0.6) is 5.75 Å². The lowest BCUT2D eigenvalue weighted by Gasteiger charge is -2.45. The van der Waals surface area contributed by atoms with Crippen molar-refractivity contribution in [1.82, 2.24) is 10.2 Å². The molecule has 4 heteroatoms. The smallest absolute Gasteiger partial charge is 0.123 e. The summed E-state index contributed by atoms with van der Waals surface area (Å²) in [4.78, 5) is 2.57. The van der Waals surface area contributed by atoms with Crippen molar-refractivity contribution >= 4 is 0 Å². The van der Waals surface area contributed by atoms with E-state index in [0.717, 1.165) is 23.8 Å². The highest BCUT2D eigenvalue weighted by atomic mass is 19.1. The van der Waals surface area contributed by atoms with E-state index in [9.17, 15) is 4.39 Å². The lowest BCUT2D eigenvalue weighted by molar-refractivity contribution is 0.0720. The Labute approximate surface area is 148 Å². The fraction of sp³-hybridized carbons (Fsp3) is 0.429. The van der Waals surface area contributed by atoms with Crippen LogP contribution in [0.15, 0.2) is 48.5 Å². The molecule has 3 fully saturated rings. The van der Waals surface area contributed by atoms with E-state index in [4.69, 9.17) is 4.74 Å². The van der Waals surface area contributed by atoms with E-state index in [1.54, 1.807) is 12.1 Å². The zero-order valence-electron chi connectivity index (χ0n) is 14.5. The number of ether oxygens (including phenoxy) is 1. The molecule has 0 aliphatic carbocycles. The van der Waals surface area contributed by atoms with Crippen LogP contribution in [0, 0.1) is 11.7 Å². The Kier molecular flexibility index (Phi) is 4.99. The van der Waals surface area contributed by atoms with Gasteiger partial charge in [-0.15, -0.1) is 0 Å². The Morgan fingerprint density at radius 1 is 1.04 bits per heavy atom. The highest BCUT2D eigenvalue weighted by Gasteiger charge is 2.33. The number of piperidine rings is 3. The average Bonchev–Trinajstić information content (AvgIpc) is 2.67. The Hall–Kier alpha value is -1.91. The molecule has 1 N–H and O–H groups in total. The minimum atomic E-state index is -0.218. The number of fused-ring (bicyclic) bond motifs is 3. The Morgan fingerprint density at radius 3 is 2.56 bits per heavy atom. The zero-order chi connectivity index (χ0) is 17.1. The van der Waals surface area contributed by atoms with Crippen molar-refractivity contribution in [2.45, 2.75) is 32.0 Å². The SMILES string of the molecule is Fc1ccc(COc2cccc(CNC3CN4CCC3CC4)c2)cc1. The maximum Gasteiger partial charge on any atom is 0.123 e. The van der Waals surface area contributed by atoms with Crippen molar-refractivity contribution in [3.63, 3.8) is 0 Å². The van der Waals surface area contributed by atoms with Crippen LogP contribution < -0.4 is 10.1 Å². The van der Waals surface area contributed by atoms with Crippen LogP contribution in [0.2, 0.25) is 0 Å². The van der Waals surface area contributed by atoms with Gasteiger partial charge in [0.1, 0.15) is 18.2 Å². The molecule has 0 radical (unpaired) electrons. The van der Waals surface area contributed by atoms with Gasteiger partial charge in [0, 0.05) is 19.1 Å². The van der Waals surface area contributed by atoms with Crippen molar-refractivity contribution < 1.29 is 9.13 Å². The molecule has 1 unspecified atom stereocenters. The third-order valence-electron chi connectivity index (χ3n) is 5.44. The summed E-state index contributed by atoms with van der Waals surface area (Å²) in [5.41, 5.74) is 2.21. The lowest BCUT2D eigenvalue weighted by atomic mass is 9.84. The number of benzene rings is 2. The topological polar surface area (TPSA) is 24.5 Å². The monoisotopic (exact) mass is 340 g/mol. The molecule has 25 heavy (non-hydrogen) atoms. The van der Waals surface area contributed by atoms with Gasteiger partial charge in [0.25, 0.3) is 0 Å². The standard InChI is InChI=1S/C21H25FN2O/c22-19-6-4-16(5-7-19)15-25-20-3-1-2-17(12-20)13-23-21-14-24-10-8-18(21)9-11-24/h1-7,12,18,21,23H,8-11,13-15H2. The molecule has 0 spiro atoms. The highest BCUT2D eigenvalue weighted by molar-refractivity contribution is 5.29. The molecule has 0 aromatic heterocycles. The number of nitrogens with zero attached hydrogens (tertiary/aromatic N) is 1. The molecule has 3 aliphatic heterocycles. The summed E-state index contributed by atoms with van der Waals surface area (Å²) in [7, 11) is 0. The number of hydrogen-bond donors (Lipinski definition) is 1. The predicted octanol–water partition coefficient (Wildman–Crippen LogP) is 3.59. The number of halogens is 1. The molecular formula is C21H25FN2O. The van der Waals surface area contributed by atoms with Crippen molar-refractivity contribution in [3.05, 3.63) is 65.5 Å². The van der Waals surface area contributed by atoms with Gasteiger partial charge in [-0.2, -0.15) is 0 Å². The van der Waals surface area contributed by atoms with Gasteiger partial charge in [-0.1, -0.05) is 24.3 Å². The fourth-order valence-corrected chi connectivity index (χ4v) is 3.94. The molecule has 3 heterocycles. The van der Waals surface area contributed by atoms with E-state index >= 15 is 0 Å². The van der Waals surface area contributed by atoms with Gasteiger partial charge in [-0.3, -0.25) is 0 Å². The Morgan fingerprint density at radius 2 is 1.84 bits per heavy atom. The van der Waals surface area contributed by atoms with Crippen molar-refractivity contribution in [3.8, 4) is 5.75 Å². The van der Waals surface area contributed by atoms with Gasteiger partial charge in [0.15, 0.2) is 0 Å². The van der Waals surface area contributed by atoms with Crippen LogP contribution >= 0.6 is 0 Å². The molecule has 3 aliphatic rings. The van der Waals surface area contributed by atoms with Gasteiger partial charge < -0.3 is 15.0 Å². The third kappa shape index (κ3) is 4.20. The number of hydrogen-bond acceptors (Lipinski definition) is 3. The van der Waals surface area contributed by atoms with Gasteiger partial charge in [-0.05, 0) is 67.2 Å². The summed E-state index contributed by atoms with van der Waals surface area (Å²) in [5, 5.41) is 3.74. The molecule has 0 saturated carbocycles. The molecule has 2 aromatic carbocycles. The maximum absolute atomic E-state index is 12.9. The van der Waals surface area contributed by atoms with E-state index < -0.39 is 0 Å². The average molecular weight is 340 g/mol. The molecule has 1 atom stereocenters. The van der Waals surface area contributed by atoms with Gasteiger partial charge in [0.05, 0.1) is 0 Å². The number of nitrogens with one attached hydrogen (secondary N) is 1. The first-order valence-electron chi connectivity index (χ1n) is 9.18. The summed E-state index contributed by atoms with van der Waals surface area (Å²) in [5.74, 6) is 1.48. The van der Waals surface area contributed by atoms with Gasteiger partial charge in [-0.25, -0.2) is 4.39 Å². The molecule has 0 amide bonds. The normalized spacial score (nSPS) is 25.1. The molecule has 2 bridgehead atoms. The summed E-state index contributed by atoms with van der Waals surface area (Å²) in [6.07, 6.45) is 2.66. The second-order valence-electron chi connectivity index (χ2n) is 7.19. The molecule has 5 rings (SSSR count). The molecule has 132 valence electrons. The Balaban J connectivity index is 1.31. The van der Waals surface area contributed by atoms with Crippen molar-refractivity contribution in [1.29, 1.82) is 0 Å². The van der Waals surface area contributed by atoms with Crippen LogP contribution in [-0.2, 0) is 13.2 Å². The first-order chi connectivity index (χ1) is 12.3. The maximum atomic E-state index is 12.9. The highest BCUT2D eigenvalue weighted by Crippen LogP contribution is 2.27. The van der Waals surface area contributed by atoms with Crippen molar-refractivity contribution in [2.24, 2.45) is 5.92 Å².